The Labute approximate surface area is 147 Å². The van der Waals surface area contributed by atoms with Crippen molar-refractivity contribution in [3.05, 3.63) is 29.8 Å². The highest BCUT2D eigenvalue weighted by Gasteiger charge is 2.16. The number of nitrogens with one attached hydrogen (secondary N) is 4. The minimum atomic E-state index is -3.92. The van der Waals surface area contributed by atoms with E-state index in [-0.39, 0.29) is 11.4 Å². The van der Waals surface area contributed by atoms with Crippen molar-refractivity contribution in [3.8, 4) is 0 Å². The first-order valence-corrected chi connectivity index (χ1v) is 9.12. The minimum absolute atomic E-state index is 0.0490. The molecule has 0 fully saturated rings. The SMILES string of the molecule is CC.CNC(=O)NS(=O)(=O)c1ccc(CCNC(=O)NC(C)=O)cc1. The molecular weight excluding hydrogens is 348 g/mol. The fourth-order valence-electron chi connectivity index (χ4n) is 1.59. The van der Waals surface area contributed by atoms with Crippen molar-refractivity contribution in [2.24, 2.45) is 0 Å². The Bertz CT molecular complexity index is 686. The molecule has 0 spiro atoms. The molecular formula is C15H24N4O5S. The first kappa shape index (κ1) is 22.4. The van der Waals surface area contributed by atoms with E-state index in [2.05, 4.69) is 16.0 Å². The van der Waals surface area contributed by atoms with Gasteiger partial charge in [0.25, 0.3) is 10.0 Å². The van der Waals surface area contributed by atoms with Gasteiger partial charge in [-0.3, -0.25) is 10.1 Å². The molecule has 1 aromatic carbocycles. The summed E-state index contributed by atoms with van der Waals surface area (Å²) in [7, 11) is -2.61. The molecule has 0 atom stereocenters. The standard InChI is InChI=1S/C13H18N4O5S.C2H6/c1-9(18)16-13(20)15-8-7-10-3-5-11(6-4-10)23(21,22)17-12(19)14-2;1-2/h3-6H,7-8H2,1-2H3,(H2,14,17,19)(H2,15,16,18,20);1-2H3. The van der Waals surface area contributed by atoms with Crippen LogP contribution in [0.4, 0.5) is 9.59 Å². The van der Waals surface area contributed by atoms with E-state index in [0.29, 0.717) is 6.42 Å². The van der Waals surface area contributed by atoms with Crippen LogP contribution in [0.5, 0.6) is 0 Å². The summed E-state index contributed by atoms with van der Waals surface area (Å²) in [6.07, 6.45) is 0.453. The lowest BCUT2D eigenvalue weighted by atomic mass is 10.1. The van der Waals surface area contributed by atoms with Gasteiger partial charge < -0.3 is 10.6 Å². The first-order valence-electron chi connectivity index (χ1n) is 7.63. The van der Waals surface area contributed by atoms with E-state index in [0.717, 1.165) is 5.56 Å². The van der Waals surface area contributed by atoms with Gasteiger partial charge in [0.05, 0.1) is 4.90 Å². The molecule has 0 saturated carbocycles. The summed E-state index contributed by atoms with van der Waals surface area (Å²) >= 11 is 0. The van der Waals surface area contributed by atoms with Crippen LogP contribution < -0.4 is 20.7 Å². The highest BCUT2D eigenvalue weighted by Crippen LogP contribution is 2.10. The fraction of sp³-hybridized carbons (Fsp3) is 0.400. The van der Waals surface area contributed by atoms with Gasteiger partial charge in [0, 0.05) is 20.5 Å². The zero-order chi connectivity index (χ0) is 19.5. The van der Waals surface area contributed by atoms with E-state index in [1.54, 1.807) is 12.1 Å². The predicted octanol–water partition coefficient (Wildman–Crippen LogP) is 0.719. The second-order valence-electron chi connectivity index (χ2n) is 4.52. The second-order valence-corrected chi connectivity index (χ2v) is 6.20. The summed E-state index contributed by atoms with van der Waals surface area (Å²) in [5, 5.41) is 6.71. The van der Waals surface area contributed by atoms with E-state index in [1.807, 2.05) is 18.6 Å². The van der Waals surface area contributed by atoms with Crippen LogP contribution in [0.15, 0.2) is 29.2 Å². The zero-order valence-electron chi connectivity index (χ0n) is 14.7. The van der Waals surface area contributed by atoms with Crippen LogP contribution in [0, 0.1) is 0 Å². The molecule has 1 rings (SSSR count). The molecule has 0 saturated heterocycles. The summed E-state index contributed by atoms with van der Waals surface area (Å²) in [4.78, 5) is 32.9. The molecule has 5 amide bonds. The van der Waals surface area contributed by atoms with E-state index in [1.165, 1.54) is 26.1 Å². The maximum atomic E-state index is 11.8. The Hall–Kier alpha value is -2.62. The Balaban J connectivity index is 0.00000277. The number of carbonyl (C=O) groups excluding carboxylic acids is 3. The highest BCUT2D eigenvalue weighted by molar-refractivity contribution is 7.90. The maximum absolute atomic E-state index is 11.8. The number of hydrogen-bond donors (Lipinski definition) is 4. The van der Waals surface area contributed by atoms with Crippen LogP contribution >= 0.6 is 0 Å². The molecule has 0 bridgehead atoms. The lowest BCUT2D eigenvalue weighted by Crippen LogP contribution is -2.39. The van der Waals surface area contributed by atoms with E-state index >= 15 is 0 Å². The normalized spacial score (nSPS) is 9.92. The smallest absolute Gasteiger partial charge is 0.328 e. The molecule has 4 N–H and O–H groups in total. The van der Waals surface area contributed by atoms with Crippen molar-refractivity contribution >= 4 is 28.0 Å². The van der Waals surface area contributed by atoms with Crippen molar-refractivity contribution in [2.75, 3.05) is 13.6 Å². The summed E-state index contributed by atoms with van der Waals surface area (Å²) in [5.41, 5.74) is 0.784. The van der Waals surface area contributed by atoms with Gasteiger partial charge in [-0.25, -0.2) is 22.7 Å². The number of hydrogen-bond acceptors (Lipinski definition) is 5. The molecule has 9 nitrogen and oxygen atoms in total. The van der Waals surface area contributed by atoms with Gasteiger partial charge in [-0.1, -0.05) is 26.0 Å². The van der Waals surface area contributed by atoms with Crippen molar-refractivity contribution < 1.29 is 22.8 Å². The van der Waals surface area contributed by atoms with Crippen LogP contribution in [0.3, 0.4) is 0 Å². The molecule has 10 heteroatoms. The number of benzene rings is 1. The molecule has 0 aromatic heterocycles. The van der Waals surface area contributed by atoms with Crippen molar-refractivity contribution in [3.63, 3.8) is 0 Å². The number of sulfonamides is 1. The van der Waals surface area contributed by atoms with Crippen LogP contribution in [0.2, 0.25) is 0 Å². The molecule has 0 aliphatic heterocycles. The van der Waals surface area contributed by atoms with Crippen LogP contribution in [0.1, 0.15) is 26.3 Å². The van der Waals surface area contributed by atoms with Gasteiger partial charge in [-0.2, -0.15) is 0 Å². The summed E-state index contributed by atoms with van der Waals surface area (Å²) < 4.78 is 25.5. The maximum Gasteiger partial charge on any atom is 0.328 e. The van der Waals surface area contributed by atoms with Crippen LogP contribution in [-0.2, 0) is 21.2 Å². The number of carbonyl (C=O) groups is 3. The largest absolute Gasteiger partial charge is 0.340 e. The van der Waals surface area contributed by atoms with Crippen LogP contribution in [0.25, 0.3) is 0 Å². The van der Waals surface area contributed by atoms with E-state index < -0.39 is 28.0 Å². The third-order valence-corrected chi connectivity index (χ3v) is 4.02. The quantitative estimate of drug-likeness (QED) is 0.604. The lowest BCUT2D eigenvalue weighted by molar-refractivity contribution is -0.117. The van der Waals surface area contributed by atoms with Gasteiger partial charge in [0.1, 0.15) is 0 Å². The second kappa shape index (κ2) is 11.0. The van der Waals surface area contributed by atoms with Gasteiger partial charge in [0.15, 0.2) is 0 Å². The van der Waals surface area contributed by atoms with Gasteiger partial charge in [-0.05, 0) is 24.1 Å². The lowest BCUT2D eigenvalue weighted by Gasteiger charge is -2.08. The average molecular weight is 372 g/mol. The minimum Gasteiger partial charge on any atom is -0.340 e. The Kier molecular flexibility index (Phi) is 9.87. The third kappa shape index (κ3) is 8.70. The Morgan fingerprint density at radius 3 is 2.04 bits per heavy atom. The van der Waals surface area contributed by atoms with Gasteiger partial charge in [-0.15, -0.1) is 0 Å². The molecule has 25 heavy (non-hydrogen) atoms. The van der Waals surface area contributed by atoms with Crippen molar-refractivity contribution in [1.29, 1.82) is 0 Å². The molecule has 0 radical (unpaired) electrons. The van der Waals surface area contributed by atoms with Crippen molar-refractivity contribution in [2.45, 2.75) is 32.1 Å². The number of imide groups is 1. The Morgan fingerprint density at radius 2 is 1.56 bits per heavy atom. The summed E-state index contributed by atoms with van der Waals surface area (Å²) in [6.45, 7) is 5.51. The number of amides is 5. The third-order valence-electron chi connectivity index (χ3n) is 2.68. The molecule has 0 heterocycles. The monoisotopic (exact) mass is 372 g/mol. The van der Waals surface area contributed by atoms with E-state index in [9.17, 15) is 22.8 Å². The average Bonchev–Trinajstić information content (AvgIpc) is 2.56. The molecule has 0 unspecified atom stereocenters. The van der Waals surface area contributed by atoms with Gasteiger partial charge >= 0.3 is 12.1 Å². The summed E-state index contributed by atoms with van der Waals surface area (Å²) in [5.74, 6) is -0.458. The highest BCUT2D eigenvalue weighted by atomic mass is 32.2. The number of rotatable bonds is 5. The number of urea groups is 2. The zero-order valence-corrected chi connectivity index (χ0v) is 15.5. The van der Waals surface area contributed by atoms with E-state index in [4.69, 9.17) is 0 Å². The predicted molar refractivity (Wildman–Crippen MR) is 93.5 cm³/mol. The molecule has 1 aromatic rings. The van der Waals surface area contributed by atoms with Crippen LogP contribution in [-0.4, -0.2) is 40.0 Å². The van der Waals surface area contributed by atoms with Gasteiger partial charge in [0.2, 0.25) is 5.91 Å². The Morgan fingerprint density at radius 1 is 1.00 bits per heavy atom. The first-order chi connectivity index (χ1) is 11.7. The molecule has 0 aliphatic carbocycles. The molecule has 0 aliphatic rings. The molecule has 140 valence electrons. The topological polar surface area (TPSA) is 133 Å². The summed E-state index contributed by atoms with van der Waals surface area (Å²) in [6, 6.07) is 4.44. The fourth-order valence-corrected chi connectivity index (χ4v) is 2.55. The van der Waals surface area contributed by atoms with Crippen molar-refractivity contribution in [1.82, 2.24) is 20.7 Å².